The average molecular weight is 211 g/mol. The van der Waals surface area contributed by atoms with Gasteiger partial charge in [-0.15, -0.1) is 0 Å². The van der Waals surface area contributed by atoms with Crippen LogP contribution in [0.15, 0.2) is 0 Å². The third-order valence-electron chi connectivity index (χ3n) is 1.66. The van der Waals surface area contributed by atoms with Gasteiger partial charge in [-0.1, -0.05) is 0 Å². The van der Waals surface area contributed by atoms with Gasteiger partial charge in [-0.25, -0.2) is 0 Å². The normalized spacial score (nSPS) is 19.8. The summed E-state index contributed by atoms with van der Waals surface area (Å²) < 4.78 is 0. The second kappa shape index (κ2) is 5.83. The molecule has 0 amide bonds. The lowest BCUT2D eigenvalue weighted by atomic mass is 10.0. The molecule has 0 aromatic heterocycles. The monoisotopic (exact) mass is 211 g/mol. The van der Waals surface area contributed by atoms with Gasteiger partial charge in [0.05, 0.1) is 6.61 Å². The van der Waals surface area contributed by atoms with Crippen molar-refractivity contribution in [1.29, 1.82) is 0 Å². The first-order valence-corrected chi connectivity index (χ1v) is 3.85. The van der Waals surface area contributed by atoms with Crippen LogP contribution in [0.25, 0.3) is 0 Å². The summed E-state index contributed by atoms with van der Waals surface area (Å²) in [5, 5.41) is 54.2. The average Bonchev–Trinajstić information content (AvgIpc) is 2.13. The van der Waals surface area contributed by atoms with Crippen molar-refractivity contribution in [2.45, 2.75) is 24.4 Å². The third kappa shape index (κ3) is 3.94. The Hall–Kier alpha value is -0.800. The summed E-state index contributed by atoms with van der Waals surface area (Å²) >= 11 is 0. The van der Waals surface area contributed by atoms with Crippen LogP contribution in [0.2, 0.25) is 0 Å². The van der Waals surface area contributed by atoms with Crippen molar-refractivity contribution in [3.05, 3.63) is 10.1 Å². The molecule has 0 fully saturated rings. The molecule has 0 aliphatic carbocycles. The lowest BCUT2D eigenvalue weighted by molar-refractivity contribution is -0.493. The molecule has 0 saturated carbocycles. The molecular formula is C6H13NO7. The molecule has 0 aromatic carbocycles. The summed E-state index contributed by atoms with van der Waals surface area (Å²) in [5.74, 6) is 0. The molecule has 0 spiro atoms. The van der Waals surface area contributed by atoms with E-state index in [0.717, 1.165) is 0 Å². The smallest absolute Gasteiger partial charge is 0.232 e. The fourth-order valence-corrected chi connectivity index (χ4v) is 0.824. The predicted octanol–water partition coefficient (Wildman–Crippen LogP) is -3.30. The van der Waals surface area contributed by atoms with Gasteiger partial charge in [0.25, 0.3) is 0 Å². The van der Waals surface area contributed by atoms with E-state index in [1.807, 2.05) is 0 Å². The highest BCUT2D eigenvalue weighted by atomic mass is 16.6. The molecule has 14 heavy (non-hydrogen) atoms. The van der Waals surface area contributed by atoms with Crippen molar-refractivity contribution in [3.8, 4) is 0 Å². The first-order valence-electron chi connectivity index (χ1n) is 3.85. The van der Waals surface area contributed by atoms with Gasteiger partial charge in [-0.05, 0) is 0 Å². The Bertz CT molecular complexity index is 187. The second-order valence-corrected chi connectivity index (χ2v) is 2.81. The molecule has 0 bridgehead atoms. The number of hydrogen-bond acceptors (Lipinski definition) is 7. The lowest BCUT2D eigenvalue weighted by Crippen LogP contribution is -2.47. The number of rotatable bonds is 6. The topological polar surface area (TPSA) is 144 Å². The Balaban J connectivity index is 4.15. The molecule has 0 rings (SSSR count). The summed E-state index contributed by atoms with van der Waals surface area (Å²) in [6.07, 6.45) is -7.13. The molecule has 0 aliphatic rings. The highest BCUT2D eigenvalue weighted by molar-refractivity contribution is 4.79. The van der Waals surface area contributed by atoms with E-state index in [9.17, 15) is 10.1 Å². The second-order valence-electron chi connectivity index (χ2n) is 2.81. The molecule has 0 unspecified atom stereocenters. The van der Waals surface area contributed by atoms with Crippen LogP contribution >= 0.6 is 0 Å². The highest BCUT2D eigenvalue weighted by Gasteiger charge is 2.32. The van der Waals surface area contributed by atoms with E-state index in [4.69, 9.17) is 25.5 Å². The minimum atomic E-state index is -1.87. The zero-order valence-corrected chi connectivity index (χ0v) is 7.22. The van der Waals surface area contributed by atoms with Crippen LogP contribution in [0, 0.1) is 10.1 Å². The van der Waals surface area contributed by atoms with Gasteiger partial charge < -0.3 is 25.5 Å². The maximum absolute atomic E-state index is 9.92. The number of aliphatic hydroxyl groups is 5. The Morgan fingerprint density at radius 2 is 1.50 bits per heavy atom. The van der Waals surface area contributed by atoms with Crippen LogP contribution in [-0.2, 0) is 0 Å². The van der Waals surface area contributed by atoms with Crippen molar-refractivity contribution < 1.29 is 30.5 Å². The molecular weight excluding hydrogens is 198 g/mol. The molecule has 4 atom stereocenters. The summed E-state index contributed by atoms with van der Waals surface area (Å²) in [6.45, 7) is -1.76. The van der Waals surface area contributed by atoms with Gasteiger partial charge in [0.15, 0.2) is 0 Å². The van der Waals surface area contributed by atoms with E-state index in [1.165, 1.54) is 0 Å². The SMILES string of the molecule is O=[N+]([O-])C[C@H](O)[C@@H](O)[C@@H](O)[C@H](O)CO. The molecule has 0 radical (unpaired) electrons. The maximum atomic E-state index is 9.92. The van der Waals surface area contributed by atoms with Gasteiger partial charge in [-0.3, -0.25) is 10.1 Å². The summed E-state index contributed by atoms with van der Waals surface area (Å²) in [6, 6.07) is 0. The molecule has 0 aliphatic heterocycles. The molecule has 84 valence electrons. The van der Waals surface area contributed by atoms with E-state index < -0.39 is 42.5 Å². The zero-order chi connectivity index (χ0) is 11.3. The minimum Gasteiger partial charge on any atom is -0.394 e. The van der Waals surface area contributed by atoms with Gasteiger partial charge in [0.2, 0.25) is 6.54 Å². The predicted molar refractivity (Wildman–Crippen MR) is 43.0 cm³/mol. The van der Waals surface area contributed by atoms with E-state index >= 15 is 0 Å². The number of aliphatic hydroxyl groups excluding tert-OH is 5. The number of nitrogens with zero attached hydrogens (tertiary/aromatic N) is 1. The first kappa shape index (κ1) is 13.2. The van der Waals surface area contributed by atoms with E-state index in [2.05, 4.69) is 0 Å². The minimum absolute atomic E-state index is 0.816. The van der Waals surface area contributed by atoms with Gasteiger partial charge in [0.1, 0.15) is 24.4 Å². The largest absolute Gasteiger partial charge is 0.394 e. The Kier molecular flexibility index (Phi) is 5.50. The van der Waals surface area contributed by atoms with Crippen LogP contribution in [0.5, 0.6) is 0 Å². The summed E-state index contributed by atoms with van der Waals surface area (Å²) in [4.78, 5) is 9.05. The van der Waals surface area contributed by atoms with Crippen LogP contribution < -0.4 is 0 Å². The highest BCUT2D eigenvalue weighted by Crippen LogP contribution is 2.05. The molecule has 5 N–H and O–H groups in total. The van der Waals surface area contributed by atoms with Crippen molar-refractivity contribution in [1.82, 2.24) is 0 Å². The van der Waals surface area contributed by atoms with Crippen molar-refractivity contribution in [3.63, 3.8) is 0 Å². The first-order chi connectivity index (χ1) is 6.40. The Morgan fingerprint density at radius 1 is 1.07 bits per heavy atom. The van der Waals surface area contributed by atoms with E-state index in [-0.39, 0.29) is 0 Å². The standard InChI is InChI=1S/C6H13NO7/c8-2-4(10)6(12)5(11)3(9)1-7(13)14/h3-6,8-12H,1-2H2/t3-,4+,5+,6-/m0/s1. The molecule has 0 saturated heterocycles. The van der Waals surface area contributed by atoms with Crippen molar-refractivity contribution in [2.24, 2.45) is 0 Å². The fourth-order valence-electron chi connectivity index (χ4n) is 0.824. The summed E-state index contributed by atoms with van der Waals surface area (Å²) in [5.41, 5.74) is 0. The summed E-state index contributed by atoms with van der Waals surface area (Å²) in [7, 11) is 0. The number of hydrogen-bond donors (Lipinski definition) is 5. The van der Waals surface area contributed by atoms with E-state index in [0.29, 0.717) is 0 Å². The van der Waals surface area contributed by atoms with Crippen molar-refractivity contribution in [2.75, 3.05) is 13.2 Å². The molecule has 8 heteroatoms. The zero-order valence-electron chi connectivity index (χ0n) is 7.22. The van der Waals surface area contributed by atoms with E-state index in [1.54, 1.807) is 0 Å². The Labute approximate surface area is 79.2 Å². The van der Waals surface area contributed by atoms with Crippen molar-refractivity contribution >= 4 is 0 Å². The fraction of sp³-hybridized carbons (Fsp3) is 1.00. The van der Waals surface area contributed by atoms with Gasteiger partial charge in [-0.2, -0.15) is 0 Å². The van der Waals surface area contributed by atoms with Crippen LogP contribution in [-0.4, -0.2) is 68.0 Å². The van der Waals surface area contributed by atoms with Crippen LogP contribution in [0.3, 0.4) is 0 Å². The van der Waals surface area contributed by atoms with Gasteiger partial charge in [0, 0.05) is 4.92 Å². The van der Waals surface area contributed by atoms with Crippen LogP contribution in [0.1, 0.15) is 0 Å². The molecule has 0 aromatic rings. The number of nitro groups is 1. The maximum Gasteiger partial charge on any atom is 0.232 e. The van der Waals surface area contributed by atoms with Crippen LogP contribution in [0.4, 0.5) is 0 Å². The quantitative estimate of drug-likeness (QED) is 0.228. The molecule has 0 heterocycles. The molecule has 8 nitrogen and oxygen atoms in total. The van der Waals surface area contributed by atoms with Gasteiger partial charge >= 0.3 is 0 Å². The Morgan fingerprint density at radius 3 is 1.86 bits per heavy atom. The third-order valence-corrected chi connectivity index (χ3v) is 1.66. The lowest BCUT2D eigenvalue weighted by Gasteiger charge is -2.23.